The van der Waals surface area contributed by atoms with Crippen LogP contribution in [0.4, 0.5) is 13.2 Å². The molecule has 2 heterocycles. The second-order valence-electron chi connectivity index (χ2n) is 8.10. The molecular weight excluding hydrogens is 419 g/mol. The van der Waals surface area contributed by atoms with E-state index in [0.29, 0.717) is 5.92 Å². The summed E-state index contributed by atoms with van der Waals surface area (Å²) in [4.78, 5) is 18.6. The third-order valence-corrected chi connectivity index (χ3v) is 5.80. The van der Waals surface area contributed by atoms with Gasteiger partial charge in [-0.05, 0) is 42.9 Å². The van der Waals surface area contributed by atoms with Crippen LogP contribution in [0, 0.1) is 5.92 Å². The molecular formula is C24H24F3N3O2. The third kappa shape index (κ3) is 5.55. The largest absolute Gasteiger partial charge is 0.416 e. The van der Waals surface area contributed by atoms with Crippen molar-refractivity contribution >= 4 is 5.91 Å². The van der Waals surface area contributed by atoms with Crippen molar-refractivity contribution in [2.24, 2.45) is 5.92 Å². The molecule has 0 atom stereocenters. The lowest BCUT2D eigenvalue weighted by Crippen LogP contribution is -2.39. The normalized spacial score (nSPS) is 15.2. The molecule has 8 heteroatoms. The Morgan fingerprint density at radius 3 is 2.53 bits per heavy atom. The molecule has 3 aromatic rings. The number of rotatable bonds is 6. The second kappa shape index (κ2) is 9.54. The Labute approximate surface area is 184 Å². The molecule has 5 nitrogen and oxygen atoms in total. The highest BCUT2D eigenvalue weighted by Gasteiger charge is 2.31. The maximum atomic E-state index is 12.9. The molecule has 1 amide bonds. The van der Waals surface area contributed by atoms with Crippen molar-refractivity contribution in [1.29, 1.82) is 0 Å². The number of carbonyl (C=O) groups excluding carboxylic acids is 1. The number of aromatic nitrogens is 2. The minimum absolute atomic E-state index is 0.0296. The molecule has 0 saturated carbocycles. The number of aryl methyl sites for hydroxylation is 1. The first-order valence-electron chi connectivity index (χ1n) is 10.7. The highest BCUT2D eigenvalue weighted by molar-refractivity contribution is 5.76. The quantitative estimate of drug-likeness (QED) is 0.528. The fourth-order valence-corrected chi connectivity index (χ4v) is 4.01. The Morgan fingerprint density at radius 2 is 1.81 bits per heavy atom. The van der Waals surface area contributed by atoms with Crippen LogP contribution >= 0.6 is 0 Å². The number of alkyl halides is 3. The van der Waals surface area contributed by atoms with Gasteiger partial charge in [0.2, 0.25) is 17.6 Å². The Morgan fingerprint density at radius 1 is 1.06 bits per heavy atom. The average Bonchev–Trinajstić information content (AvgIpc) is 3.27. The van der Waals surface area contributed by atoms with Crippen molar-refractivity contribution in [3.05, 3.63) is 71.6 Å². The Kier molecular flexibility index (Phi) is 6.58. The number of hydrogen-bond acceptors (Lipinski definition) is 4. The number of hydrogen-bond donors (Lipinski definition) is 0. The number of nitrogens with zero attached hydrogens (tertiary/aromatic N) is 3. The van der Waals surface area contributed by atoms with Crippen LogP contribution in [0.25, 0.3) is 11.4 Å². The lowest BCUT2D eigenvalue weighted by atomic mass is 9.90. The monoisotopic (exact) mass is 443 g/mol. The predicted molar refractivity (Wildman–Crippen MR) is 113 cm³/mol. The zero-order valence-electron chi connectivity index (χ0n) is 17.5. The summed E-state index contributed by atoms with van der Waals surface area (Å²) in [5, 5.41) is 3.77. The van der Waals surface area contributed by atoms with Crippen molar-refractivity contribution in [2.45, 2.75) is 38.3 Å². The van der Waals surface area contributed by atoms with Gasteiger partial charge in [0.25, 0.3) is 0 Å². The van der Waals surface area contributed by atoms with Crippen LogP contribution in [-0.4, -0.2) is 34.0 Å². The van der Waals surface area contributed by atoms with Crippen LogP contribution in [0.3, 0.4) is 0 Å². The second-order valence-corrected chi connectivity index (χ2v) is 8.10. The molecule has 0 unspecified atom stereocenters. The van der Waals surface area contributed by atoms with Crippen molar-refractivity contribution in [3.63, 3.8) is 0 Å². The summed E-state index contributed by atoms with van der Waals surface area (Å²) in [6.45, 7) is 1.46. The molecule has 1 saturated heterocycles. The standard InChI is InChI=1S/C24H24F3N3O2/c25-24(26,27)20-8-4-7-19(16-20)23-28-21(32-29-23)9-10-22(31)30-13-11-18(12-14-30)15-17-5-2-1-3-6-17/h1-8,16,18H,9-15H2. The topological polar surface area (TPSA) is 59.2 Å². The SMILES string of the molecule is O=C(CCc1nc(-c2cccc(C(F)(F)F)c2)no1)N1CCC(Cc2ccccc2)CC1. The molecule has 1 aliphatic heterocycles. The van der Waals surface area contributed by atoms with Gasteiger partial charge >= 0.3 is 6.18 Å². The van der Waals surface area contributed by atoms with Crippen molar-refractivity contribution in [2.75, 3.05) is 13.1 Å². The van der Waals surface area contributed by atoms with Gasteiger partial charge in [0.15, 0.2) is 0 Å². The lowest BCUT2D eigenvalue weighted by Gasteiger charge is -2.32. The molecule has 0 radical (unpaired) electrons. The van der Waals surface area contributed by atoms with Gasteiger partial charge in [0, 0.05) is 31.5 Å². The molecule has 4 rings (SSSR count). The van der Waals surface area contributed by atoms with E-state index < -0.39 is 11.7 Å². The maximum absolute atomic E-state index is 12.9. The molecule has 1 aromatic heterocycles. The molecule has 0 N–H and O–H groups in total. The maximum Gasteiger partial charge on any atom is 0.416 e. The van der Waals surface area contributed by atoms with Gasteiger partial charge < -0.3 is 9.42 Å². The number of likely N-dealkylation sites (tertiary alicyclic amines) is 1. The van der Waals surface area contributed by atoms with E-state index >= 15 is 0 Å². The molecule has 32 heavy (non-hydrogen) atoms. The van der Waals surface area contributed by atoms with Gasteiger partial charge in [0.1, 0.15) is 0 Å². The van der Waals surface area contributed by atoms with Crippen LogP contribution in [0.2, 0.25) is 0 Å². The highest BCUT2D eigenvalue weighted by Crippen LogP contribution is 2.31. The van der Waals surface area contributed by atoms with Crippen LogP contribution in [0.1, 0.15) is 36.3 Å². The smallest absolute Gasteiger partial charge is 0.343 e. The summed E-state index contributed by atoms with van der Waals surface area (Å²) < 4.78 is 43.9. The van der Waals surface area contributed by atoms with E-state index in [1.807, 2.05) is 23.1 Å². The molecule has 1 fully saturated rings. The van der Waals surface area contributed by atoms with E-state index in [4.69, 9.17) is 4.52 Å². The fraction of sp³-hybridized carbons (Fsp3) is 0.375. The third-order valence-electron chi connectivity index (χ3n) is 5.80. The van der Waals surface area contributed by atoms with Crippen LogP contribution < -0.4 is 0 Å². The van der Waals surface area contributed by atoms with Gasteiger partial charge in [-0.2, -0.15) is 18.2 Å². The zero-order valence-corrected chi connectivity index (χ0v) is 17.5. The van der Waals surface area contributed by atoms with E-state index in [9.17, 15) is 18.0 Å². The van der Waals surface area contributed by atoms with Crippen LogP contribution in [-0.2, 0) is 23.8 Å². The van der Waals surface area contributed by atoms with Crippen molar-refractivity contribution < 1.29 is 22.5 Å². The summed E-state index contributed by atoms with van der Waals surface area (Å²) in [6.07, 6.45) is -0.975. The van der Waals surface area contributed by atoms with E-state index in [1.54, 1.807) is 0 Å². The van der Waals surface area contributed by atoms with Crippen molar-refractivity contribution in [1.82, 2.24) is 15.0 Å². The zero-order chi connectivity index (χ0) is 22.6. The number of amides is 1. The molecule has 0 spiro atoms. The number of benzene rings is 2. The van der Waals surface area contributed by atoms with Gasteiger partial charge in [-0.3, -0.25) is 4.79 Å². The lowest BCUT2D eigenvalue weighted by molar-refractivity contribution is -0.137. The first kappa shape index (κ1) is 22.0. The van der Waals surface area contributed by atoms with Crippen molar-refractivity contribution in [3.8, 4) is 11.4 Å². The number of piperidine rings is 1. The molecule has 168 valence electrons. The van der Waals surface area contributed by atoms with Gasteiger partial charge in [-0.25, -0.2) is 0 Å². The van der Waals surface area contributed by atoms with Gasteiger partial charge in [-0.1, -0.05) is 47.6 Å². The van der Waals surface area contributed by atoms with E-state index in [2.05, 4.69) is 22.3 Å². The van der Waals surface area contributed by atoms with Gasteiger partial charge in [0.05, 0.1) is 5.56 Å². The number of halogens is 3. The molecule has 0 bridgehead atoms. The Balaban J connectivity index is 1.27. The van der Waals surface area contributed by atoms with E-state index in [0.717, 1.165) is 44.5 Å². The molecule has 1 aliphatic rings. The summed E-state index contributed by atoms with van der Waals surface area (Å²) in [5.74, 6) is 0.930. The van der Waals surface area contributed by atoms with Crippen LogP contribution in [0.5, 0.6) is 0 Å². The first-order valence-corrected chi connectivity index (χ1v) is 10.7. The fourth-order valence-electron chi connectivity index (χ4n) is 4.01. The van der Waals surface area contributed by atoms with E-state index in [-0.39, 0.29) is 36.0 Å². The van der Waals surface area contributed by atoms with Gasteiger partial charge in [-0.15, -0.1) is 0 Å². The predicted octanol–water partition coefficient (Wildman–Crippen LogP) is 5.17. The Hall–Kier alpha value is -3.16. The molecule has 2 aromatic carbocycles. The molecule has 0 aliphatic carbocycles. The minimum Gasteiger partial charge on any atom is -0.343 e. The Bertz CT molecular complexity index is 1040. The van der Waals surface area contributed by atoms with Crippen LogP contribution in [0.15, 0.2) is 59.1 Å². The summed E-state index contributed by atoms with van der Waals surface area (Å²) in [6, 6.07) is 15.1. The highest BCUT2D eigenvalue weighted by atomic mass is 19.4. The number of carbonyl (C=O) groups is 1. The summed E-state index contributed by atoms with van der Waals surface area (Å²) >= 11 is 0. The average molecular weight is 443 g/mol. The van der Waals surface area contributed by atoms with E-state index in [1.165, 1.54) is 17.7 Å². The summed E-state index contributed by atoms with van der Waals surface area (Å²) in [7, 11) is 0. The summed E-state index contributed by atoms with van der Waals surface area (Å²) in [5.41, 5.74) is 0.777. The first-order chi connectivity index (χ1) is 15.4. The minimum atomic E-state index is -4.44.